The number of fused-ring (bicyclic) bond motifs is 2. The van der Waals surface area contributed by atoms with Crippen LogP contribution >= 0.6 is 22.7 Å². The fraction of sp³-hybridized carbons (Fsp3) is 0.222. The van der Waals surface area contributed by atoms with Gasteiger partial charge in [-0.05, 0) is 26.8 Å². The van der Waals surface area contributed by atoms with Gasteiger partial charge >= 0.3 is 12.1 Å². The van der Waals surface area contributed by atoms with Crippen molar-refractivity contribution in [2.45, 2.75) is 26.4 Å². The monoisotopic (exact) mass is 431 g/mol. The molecule has 0 spiro atoms. The molecule has 11 heteroatoms. The maximum absolute atomic E-state index is 11.5. The van der Waals surface area contributed by atoms with Gasteiger partial charge in [0.15, 0.2) is 0 Å². The van der Waals surface area contributed by atoms with Crippen molar-refractivity contribution in [2.75, 3.05) is 5.32 Å². The van der Waals surface area contributed by atoms with Gasteiger partial charge in [0.25, 0.3) is 0 Å². The SMILES string of the molecule is CC(C)(C)OC(=O)Nc1cc2nccnc2s1.O=C(O)c1cc2nccnc2s1. The second-order valence-electron chi connectivity index (χ2n) is 6.65. The zero-order valence-corrected chi connectivity index (χ0v) is 17.4. The number of rotatable bonds is 2. The number of thiophene rings is 2. The van der Waals surface area contributed by atoms with Gasteiger partial charge in [0, 0.05) is 30.9 Å². The molecule has 0 radical (unpaired) electrons. The second-order valence-corrected chi connectivity index (χ2v) is 8.71. The van der Waals surface area contributed by atoms with Gasteiger partial charge in [-0.15, -0.1) is 11.3 Å². The summed E-state index contributed by atoms with van der Waals surface area (Å²) < 4.78 is 5.15. The Morgan fingerprint density at radius 1 is 0.931 bits per heavy atom. The van der Waals surface area contributed by atoms with Crippen molar-refractivity contribution in [1.82, 2.24) is 19.9 Å². The van der Waals surface area contributed by atoms with E-state index in [9.17, 15) is 9.59 Å². The summed E-state index contributed by atoms with van der Waals surface area (Å²) in [4.78, 5) is 40.0. The molecular weight excluding hydrogens is 414 g/mol. The van der Waals surface area contributed by atoms with Crippen molar-refractivity contribution in [3.8, 4) is 0 Å². The summed E-state index contributed by atoms with van der Waals surface area (Å²) in [7, 11) is 0. The predicted octanol–water partition coefficient (Wildman–Crippen LogP) is 4.43. The van der Waals surface area contributed by atoms with E-state index in [1.165, 1.54) is 17.4 Å². The molecule has 0 aliphatic carbocycles. The first-order chi connectivity index (χ1) is 13.7. The molecule has 0 saturated heterocycles. The average molecular weight is 431 g/mol. The highest BCUT2D eigenvalue weighted by atomic mass is 32.1. The number of aromatic carboxylic acids is 1. The first kappa shape index (κ1) is 20.6. The molecule has 4 rings (SSSR count). The van der Waals surface area contributed by atoms with Crippen molar-refractivity contribution in [2.24, 2.45) is 0 Å². The number of anilines is 1. The number of carboxylic acids is 1. The highest BCUT2D eigenvalue weighted by molar-refractivity contribution is 7.22. The fourth-order valence-electron chi connectivity index (χ4n) is 2.11. The minimum atomic E-state index is -0.931. The number of aromatic nitrogens is 4. The number of nitrogens with one attached hydrogen (secondary N) is 1. The van der Waals surface area contributed by atoms with Crippen LogP contribution in [-0.2, 0) is 4.74 Å². The number of ether oxygens (including phenoxy) is 1. The Morgan fingerprint density at radius 2 is 1.48 bits per heavy atom. The van der Waals surface area contributed by atoms with Gasteiger partial charge in [-0.2, -0.15) is 0 Å². The molecule has 0 aliphatic rings. The van der Waals surface area contributed by atoms with Crippen LogP contribution in [0, 0.1) is 0 Å². The van der Waals surface area contributed by atoms with E-state index in [0.717, 1.165) is 21.7 Å². The number of carbonyl (C=O) groups excluding carboxylic acids is 1. The third-order valence-corrected chi connectivity index (χ3v) is 5.13. The van der Waals surface area contributed by atoms with Gasteiger partial charge in [0.2, 0.25) is 0 Å². The Bertz CT molecular complexity index is 1100. The summed E-state index contributed by atoms with van der Waals surface area (Å²) in [5.41, 5.74) is 0.903. The lowest BCUT2D eigenvalue weighted by Crippen LogP contribution is -2.26. The number of amides is 1. The van der Waals surface area contributed by atoms with Crippen LogP contribution in [0.5, 0.6) is 0 Å². The third kappa shape index (κ3) is 5.65. The maximum atomic E-state index is 11.5. The van der Waals surface area contributed by atoms with Crippen LogP contribution in [-0.4, -0.2) is 42.7 Å². The average Bonchev–Trinajstić information content (AvgIpc) is 3.23. The van der Waals surface area contributed by atoms with Crippen LogP contribution < -0.4 is 5.32 Å². The van der Waals surface area contributed by atoms with Crippen molar-refractivity contribution < 1.29 is 19.4 Å². The Hall–Kier alpha value is -3.18. The smallest absolute Gasteiger partial charge is 0.412 e. The van der Waals surface area contributed by atoms with Gasteiger partial charge in [0.05, 0.1) is 0 Å². The van der Waals surface area contributed by atoms with Gasteiger partial charge < -0.3 is 9.84 Å². The number of carbonyl (C=O) groups is 2. The maximum Gasteiger partial charge on any atom is 0.412 e. The van der Waals surface area contributed by atoms with Crippen LogP contribution in [0.2, 0.25) is 0 Å². The van der Waals surface area contributed by atoms with Crippen LogP contribution in [0.25, 0.3) is 20.7 Å². The standard InChI is InChI=1S/C11H13N3O2S.C7H4N2O2S/c1-11(2,3)16-10(15)14-8-6-7-9(17-8)13-5-4-12-7;10-7(11)5-3-4-6(12-5)9-2-1-8-4/h4-6H,1-3H3,(H,14,15);1-3H,(H,10,11). The van der Waals surface area contributed by atoms with E-state index in [1.54, 1.807) is 30.9 Å². The fourth-order valence-corrected chi connectivity index (χ4v) is 3.75. The highest BCUT2D eigenvalue weighted by Crippen LogP contribution is 2.26. The van der Waals surface area contributed by atoms with Gasteiger partial charge in [-0.1, -0.05) is 11.3 Å². The van der Waals surface area contributed by atoms with Crippen LogP contribution in [0.1, 0.15) is 30.4 Å². The Labute approximate surface area is 173 Å². The van der Waals surface area contributed by atoms with Crippen molar-refractivity contribution in [3.05, 3.63) is 41.8 Å². The zero-order valence-electron chi connectivity index (χ0n) is 15.7. The lowest BCUT2D eigenvalue weighted by Gasteiger charge is -2.19. The quantitative estimate of drug-likeness (QED) is 0.477. The summed E-state index contributed by atoms with van der Waals surface area (Å²) in [5, 5.41) is 12.0. The minimum absolute atomic E-state index is 0.274. The van der Waals surface area contributed by atoms with E-state index in [-0.39, 0.29) is 4.88 Å². The molecule has 1 amide bonds. The molecule has 0 aromatic carbocycles. The summed E-state index contributed by atoms with van der Waals surface area (Å²) in [6.07, 6.45) is 5.86. The van der Waals surface area contributed by atoms with E-state index in [0.29, 0.717) is 15.3 Å². The lowest BCUT2D eigenvalue weighted by atomic mass is 10.2. The molecule has 29 heavy (non-hydrogen) atoms. The van der Waals surface area contributed by atoms with Crippen molar-refractivity contribution in [1.29, 1.82) is 0 Å². The summed E-state index contributed by atoms with van der Waals surface area (Å²) >= 11 is 2.50. The third-order valence-electron chi connectivity index (χ3n) is 3.17. The number of nitrogens with zero attached hydrogens (tertiary/aromatic N) is 4. The van der Waals surface area contributed by atoms with Crippen LogP contribution in [0.4, 0.5) is 9.80 Å². The van der Waals surface area contributed by atoms with Crippen LogP contribution in [0.15, 0.2) is 36.9 Å². The van der Waals surface area contributed by atoms with Gasteiger partial charge in [0.1, 0.15) is 36.2 Å². The molecule has 4 aromatic heterocycles. The van der Waals surface area contributed by atoms with Crippen molar-refractivity contribution in [3.63, 3.8) is 0 Å². The first-order valence-corrected chi connectivity index (χ1v) is 9.99. The molecule has 0 atom stereocenters. The topological polar surface area (TPSA) is 127 Å². The van der Waals surface area contributed by atoms with E-state index < -0.39 is 17.7 Å². The first-order valence-electron chi connectivity index (χ1n) is 8.36. The molecule has 0 aliphatic heterocycles. The van der Waals surface area contributed by atoms with E-state index in [1.807, 2.05) is 20.8 Å². The Kier molecular flexibility index (Phi) is 5.99. The number of carboxylic acid groups (broad SMARTS) is 1. The van der Waals surface area contributed by atoms with E-state index >= 15 is 0 Å². The predicted molar refractivity (Wildman–Crippen MR) is 112 cm³/mol. The summed E-state index contributed by atoms with van der Waals surface area (Å²) in [6, 6.07) is 3.30. The molecule has 9 nitrogen and oxygen atoms in total. The Balaban J connectivity index is 0.000000176. The molecular formula is C18H17N5O4S2. The largest absolute Gasteiger partial charge is 0.477 e. The van der Waals surface area contributed by atoms with Gasteiger partial charge in [-0.25, -0.2) is 19.6 Å². The van der Waals surface area contributed by atoms with Crippen LogP contribution in [0.3, 0.4) is 0 Å². The molecule has 150 valence electrons. The highest BCUT2D eigenvalue weighted by Gasteiger charge is 2.17. The lowest BCUT2D eigenvalue weighted by molar-refractivity contribution is 0.0634. The van der Waals surface area contributed by atoms with E-state index in [2.05, 4.69) is 25.3 Å². The molecule has 2 N–H and O–H groups in total. The second kappa shape index (κ2) is 8.45. The molecule has 0 unspecified atom stereocenters. The number of hydrogen-bond acceptors (Lipinski definition) is 9. The number of hydrogen-bond donors (Lipinski definition) is 2. The zero-order chi connectivity index (χ0) is 21.0. The van der Waals surface area contributed by atoms with Gasteiger partial charge in [-0.3, -0.25) is 15.3 Å². The Morgan fingerprint density at radius 3 is 2.00 bits per heavy atom. The van der Waals surface area contributed by atoms with Crippen molar-refractivity contribution >= 4 is 60.4 Å². The molecule has 0 saturated carbocycles. The molecule has 0 fully saturated rings. The molecule has 4 heterocycles. The normalized spacial score (nSPS) is 11.0. The minimum Gasteiger partial charge on any atom is -0.477 e. The summed E-state index contributed by atoms with van der Waals surface area (Å²) in [5.74, 6) is -0.931. The molecule has 4 aromatic rings. The molecule has 0 bridgehead atoms. The van der Waals surface area contributed by atoms with E-state index in [4.69, 9.17) is 9.84 Å². The summed E-state index contributed by atoms with van der Waals surface area (Å²) in [6.45, 7) is 5.46.